The molecule has 1 rings (SSSR count). The van der Waals surface area contributed by atoms with E-state index in [4.69, 9.17) is 14.2 Å². The van der Waals surface area contributed by atoms with Gasteiger partial charge in [0.25, 0.3) is 0 Å². The maximum absolute atomic E-state index is 12.6. The van der Waals surface area contributed by atoms with Crippen molar-refractivity contribution in [1.29, 1.82) is 0 Å². The number of methoxy groups -OCH3 is 1. The van der Waals surface area contributed by atoms with Crippen molar-refractivity contribution in [2.45, 2.75) is 50.1 Å². The van der Waals surface area contributed by atoms with Gasteiger partial charge in [-0.05, 0) is 0 Å². The third-order valence-corrected chi connectivity index (χ3v) is 4.17. The van der Waals surface area contributed by atoms with Crippen molar-refractivity contribution >= 4 is 22.1 Å². The summed E-state index contributed by atoms with van der Waals surface area (Å²) in [4.78, 5) is 22.1. The van der Waals surface area contributed by atoms with Gasteiger partial charge in [-0.25, -0.2) is 0 Å². The van der Waals surface area contributed by atoms with Crippen LogP contribution in [0.25, 0.3) is 0 Å². The van der Waals surface area contributed by atoms with Gasteiger partial charge in [0.05, 0.1) is 0 Å². The highest BCUT2D eigenvalue weighted by molar-refractivity contribution is 7.87. The van der Waals surface area contributed by atoms with Crippen molar-refractivity contribution in [1.82, 2.24) is 0 Å². The number of carbonyl (C=O) groups excluding carboxylic acids is 2. The maximum Gasteiger partial charge on any atom is 0.523 e. The van der Waals surface area contributed by atoms with Gasteiger partial charge in [-0.1, -0.05) is 0 Å². The minimum atomic E-state index is -6.12. The van der Waals surface area contributed by atoms with Crippen molar-refractivity contribution < 1.29 is 59.4 Å². The third-order valence-electron chi connectivity index (χ3n) is 3.12. The van der Waals surface area contributed by atoms with E-state index in [0.717, 1.165) is 21.0 Å². The molecule has 0 spiro atoms. The number of aliphatic hydroxyl groups is 1. The average molecular weight is 410 g/mol. The van der Waals surface area contributed by atoms with Crippen LogP contribution in [0.5, 0.6) is 0 Å². The van der Waals surface area contributed by atoms with E-state index < -0.39 is 64.9 Å². The Morgan fingerprint density at radius 3 is 2.15 bits per heavy atom. The lowest BCUT2D eigenvalue weighted by Crippen LogP contribution is -2.62. The van der Waals surface area contributed by atoms with E-state index in [1.54, 1.807) is 0 Å². The van der Waals surface area contributed by atoms with Gasteiger partial charge in [0.1, 0.15) is 18.8 Å². The molecule has 152 valence electrons. The molecule has 0 radical (unpaired) electrons. The number of carbonyl (C=O) groups is 2. The third kappa shape index (κ3) is 5.51. The fraction of sp³-hybridized carbons (Fsp3) is 0.833. The molecule has 0 aromatic carbocycles. The van der Waals surface area contributed by atoms with Gasteiger partial charge in [0, 0.05) is 21.0 Å². The lowest BCUT2D eigenvalue weighted by molar-refractivity contribution is -0.292. The Kier molecular flexibility index (Phi) is 7.35. The first-order valence-electron chi connectivity index (χ1n) is 6.96. The molecule has 0 aromatic heterocycles. The van der Waals surface area contributed by atoms with Crippen LogP contribution in [0.15, 0.2) is 0 Å². The number of aliphatic hydroxyl groups excluding tert-OH is 1. The summed E-state index contributed by atoms with van der Waals surface area (Å²) < 4.78 is 83.4. The lowest BCUT2D eigenvalue weighted by Gasteiger charge is -2.42. The smallest absolute Gasteiger partial charge is 0.463 e. The summed E-state index contributed by atoms with van der Waals surface area (Å²) >= 11 is 0. The van der Waals surface area contributed by atoms with Gasteiger partial charge >= 0.3 is 27.6 Å². The summed E-state index contributed by atoms with van der Waals surface area (Å²) in [6.07, 6.45) is -9.14. The number of ether oxygens (including phenoxy) is 4. The van der Waals surface area contributed by atoms with E-state index in [1.165, 1.54) is 0 Å². The first kappa shape index (κ1) is 22.6. The minimum absolute atomic E-state index is 0.563. The molecule has 1 heterocycles. The Hall–Kier alpha value is -1.48. The largest absolute Gasteiger partial charge is 0.523 e. The zero-order valence-corrected chi connectivity index (χ0v) is 14.6. The van der Waals surface area contributed by atoms with Crippen LogP contribution >= 0.6 is 0 Å². The van der Waals surface area contributed by atoms with Crippen molar-refractivity contribution in [3.8, 4) is 0 Å². The van der Waals surface area contributed by atoms with Gasteiger partial charge in [0.15, 0.2) is 18.5 Å². The molecule has 1 aliphatic heterocycles. The molecule has 10 nitrogen and oxygen atoms in total. The average Bonchev–Trinajstić information content (AvgIpc) is 2.48. The lowest BCUT2D eigenvalue weighted by atomic mass is 9.99. The van der Waals surface area contributed by atoms with E-state index in [1.807, 2.05) is 0 Å². The number of hydrogen-bond donors (Lipinski definition) is 1. The van der Waals surface area contributed by atoms with E-state index >= 15 is 0 Å². The summed E-state index contributed by atoms with van der Waals surface area (Å²) in [6.45, 7) is 1.36. The number of rotatable bonds is 6. The molecule has 1 N–H and O–H groups in total. The molecular weight excluding hydrogens is 393 g/mol. The second-order valence-corrected chi connectivity index (χ2v) is 6.67. The van der Waals surface area contributed by atoms with E-state index in [0.29, 0.717) is 0 Å². The van der Waals surface area contributed by atoms with E-state index in [9.17, 15) is 36.3 Å². The Morgan fingerprint density at radius 2 is 1.73 bits per heavy atom. The van der Waals surface area contributed by atoms with Gasteiger partial charge in [-0.2, -0.15) is 21.6 Å². The molecule has 5 atom stereocenters. The van der Waals surface area contributed by atoms with Crippen LogP contribution in [0.2, 0.25) is 0 Å². The van der Waals surface area contributed by atoms with Crippen LogP contribution in [0.3, 0.4) is 0 Å². The Labute approximate surface area is 146 Å². The fourth-order valence-corrected chi connectivity index (χ4v) is 2.65. The molecule has 0 saturated carbocycles. The number of alkyl halides is 3. The summed E-state index contributed by atoms with van der Waals surface area (Å²) in [5.41, 5.74) is -5.77. The monoisotopic (exact) mass is 410 g/mol. The highest BCUT2D eigenvalue weighted by Gasteiger charge is 2.55. The van der Waals surface area contributed by atoms with Crippen LogP contribution in [-0.2, 0) is 42.8 Å². The number of hydrogen-bond acceptors (Lipinski definition) is 10. The first-order chi connectivity index (χ1) is 11.8. The summed E-state index contributed by atoms with van der Waals surface area (Å²) in [6, 6.07) is 0. The molecule has 1 fully saturated rings. The normalized spacial score (nSPS) is 29.9. The second kappa shape index (κ2) is 8.47. The van der Waals surface area contributed by atoms with Crippen LogP contribution < -0.4 is 0 Å². The summed E-state index contributed by atoms with van der Waals surface area (Å²) in [5.74, 6) is -1.80. The molecule has 1 aliphatic rings. The molecule has 14 heteroatoms. The Bertz CT molecular complexity index is 619. The van der Waals surface area contributed by atoms with Crippen LogP contribution in [0.4, 0.5) is 13.2 Å². The zero-order valence-electron chi connectivity index (χ0n) is 13.8. The highest BCUT2D eigenvalue weighted by atomic mass is 32.2. The molecule has 0 bridgehead atoms. The van der Waals surface area contributed by atoms with Crippen molar-refractivity contribution in [2.24, 2.45) is 0 Å². The van der Waals surface area contributed by atoms with Gasteiger partial charge in [0.2, 0.25) is 0 Å². The van der Waals surface area contributed by atoms with E-state index in [-0.39, 0.29) is 0 Å². The molecule has 0 unspecified atom stereocenters. The van der Waals surface area contributed by atoms with Crippen LogP contribution in [0, 0.1) is 0 Å². The second-order valence-electron chi connectivity index (χ2n) is 5.11. The van der Waals surface area contributed by atoms with Crippen LogP contribution in [-0.4, -0.2) is 75.4 Å². The maximum atomic E-state index is 12.6. The van der Waals surface area contributed by atoms with Crippen molar-refractivity contribution in [2.75, 3.05) is 13.7 Å². The number of halogens is 3. The highest BCUT2D eigenvalue weighted by Crippen LogP contribution is 2.32. The fourth-order valence-electron chi connectivity index (χ4n) is 2.05. The predicted octanol–water partition coefficient (Wildman–Crippen LogP) is -0.552. The molecule has 1 saturated heterocycles. The molecule has 0 aromatic rings. The van der Waals surface area contributed by atoms with E-state index in [2.05, 4.69) is 8.92 Å². The SMILES string of the molecule is CO[C@@H]1O[C@H](COC(C)=O)[C@H](O)[C@H](OC(C)=O)[C@H]1OS(=O)(=O)C(F)(F)F. The Morgan fingerprint density at radius 1 is 1.15 bits per heavy atom. The minimum Gasteiger partial charge on any atom is -0.463 e. The Balaban J connectivity index is 3.16. The topological polar surface area (TPSA) is 135 Å². The van der Waals surface area contributed by atoms with Gasteiger partial charge in [-0.3, -0.25) is 13.8 Å². The van der Waals surface area contributed by atoms with Crippen molar-refractivity contribution in [3.05, 3.63) is 0 Å². The molecule has 26 heavy (non-hydrogen) atoms. The quantitative estimate of drug-likeness (QED) is 0.345. The first-order valence-corrected chi connectivity index (χ1v) is 8.37. The standard InChI is InChI=1S/C12H17F3O10S/c1-5(16)22-4-7-8(18)9(23-6(2)17)10(11(21-3)24-7)25-26(19,20)12(13,14)15/h7-11,18H,4H2,1-3H3/t7-,8+,9+,10-,11-/m1/s1. The molecular formula is C12H17F3O10S. The zero-order chi connectivity index (χ0) is 20.3. The summed E-state index contributed by atoms with van der Waals surface area (Å²) in [5, 5.41) is 10.2. The number of esters is 2. The van der Waals surface area contributed by atoms with Gasteiger partial charge < -0.3 is 24.1 Å². The van der Waals surface area contributed by atoms with Gasteiger partial charge in [-0.15, -0.1) is 0 Å². The molecule has 0 amide bonds. The predicted molar refractivity (Wildman–Crippen MR) is 73.7 cm³/mol. The molecule has 0 aliphatic carbocycles. The van der Waals surface area contributed by atoms with Crippen molar-refractivity contribution in [3.63, 3.8) is 0 Å². The van der Waals surface area contributed by atoms with Crippen LogP contribution in [0.1, 0.15) is 13.8 Å². The summed E-state index contributed by atoms with van der Waals surface area (Å²) in [7, 11) is -5.17.